The van der Waals surface area contributed by atoms with Gasteiger partial charge in [-0.2, -0.15) is 0 Å². The van der Waals surface area contributed by atoms with Crippen molar-refractivity contribution >= 4 is 17.8 Å². The second-order valence-electron chi connectivity index (χ2n) is 7.19. The second-order valence-corrected chi connectivity index (χ2v) is 7.19. The van der Waals surface area contributed by atoms with Crippen molar-refractivity contribution in [3.8, 4) is 0 Å². The lowest BCUT2D eigenvalue weighted by Gasteiger charge is -2.15. The minimum Gasteiger partial charge on any atom is -0.325 e. The first kappa shape index (κ1) is 19.8. The number of imide groups is 1. The fraction of sp³-hybridized carbons (Fsp3) is 0.348. The molecule has 5 heteroatoms. The summed E-state index contributed by atoms with van der Waals surface area (Å²) in [6.07, 6.45) is 3.82. The fourth-order valence-electron chi connectivity index (χ4n) is 3.33. The number of carbonyl (C=O) groups is 3. The van der Waals surface area contributed by atoms with Gasteiger partial charge in [-0.05, 0) is 48.9 Å². The normalized spacial score (nSPS) is 13.9. The van der Waals surface area contributed by atoms with Crippen LogP contribution < -0.4 is 0 Å². The topological polar surface area (TPSA) is 63.7 Å². The Kier molecular flexibility index (Phi) is 6.24. The average Bonchev–Trinajstić information content (AvgIpc) is 3.00. The van der Waals surface area contributed by atoms with E-state index in [0.29, 0.717) is 17.0 Å². The van der Waals surface area contributed by atoms with E-state index in [2.05, 4.69) is 31.2 Å². The van der Waals surface area contributed by atoms with E-state index in [9.17, 15) is 14.4 Å². The number of carbonyl (C=O) groups excluding carboxylic acids is 3. The van der Waals surface area contributed by atoms with E-state index >= 15 is 0 Å². The van der Waals surface area contributed by atoms with E-state index in [1.165, 1.54) is 11.1 Å². The van der Waals surface area contributed by atoms with Gasteiger partial charge < -0.3 is 4.84 Å². The number of aryl methyl sites for hydroxylation is 4. The van der Waals surface area contributed by atoms with Gasteiger partial charge in [-0.15, -0.1) is 5.06 Å². The zero-order chi connectivity index (χ0) is 20.1. The third-order valence-electron chi connectivity index (χ3n) is 4.91. The monoisotopic (exact) mass is 379 g/mol. The van der Waals surface area contributed by atoms with Crippen molar-refractivity contribution in [2.45, 2.75) is 52.4 Å². The Morgan fingerprint density at radius 3 is 2.14 bits per heavy atom. The Morgan fingerprint density at radius 2 is 1.54 bits per heavy atom. The summed E-state index contributed by atoms with van der Waals surface area (Å²) in [6, 6.07) is 14.1. The molecule has 1 aliphatic rings. The smallest absolute Gasteiger partial charge is 0.325 e. The molecule has 0 N–H and O–H groups in total. The van der Waals surface area contributed by atoms with Crippen LogP contribution in [0, 0.1) is 6.92 Å². The lowest BCUT2D eigenvalue weighted by Crippen LogP contribution is -2.32. The van der Waals surface area contributed by atoms with Crippen LogP contribution in [0.2, 0.25) is 0 Å². The van der Waals surface area contributed by atoms with Crippen molar-refractivity contribution < 1.29 is 19.2 Å². The molecule has 146 valence electrons. The molecule has 0 bridgehead atoms. The van der Waals surface area contributed by atoms with Gasteiger partial charge in [0.25, 0.3) is 11.8 Å². The molecule has 1 saturated heterocycles. The molecule has 0 unspecified atom stereocenters. The highest BCUT2D eigenvalue weighted by molar-refractivity contribution is 6.03. The summed E-state index contributed by atoms with van der Waals surface area (Å²) in [4.78, 5) is 41.2. The highest BCUT2D eigenvalue weighted by atomic mass is 16.7. The van der Waals surface area contributed by atoms with Crippen molar-refractivity contribution in [3.05, 3.63) is 70.3 Å². The molecule has 2 aromatic rings. The van der Waals surface area contributed by atoms with Gasteiger partial charge in [-0.3, -0.25) is 9.59 Å². The highest BCUT2D eigenvalue weighted by Gasteiger charge is 2.33. The van der Waals surface area contributed by atoms with Crippen LogP contribution >= 0.6 is 0 Å². The number of amides is 2. The quantitative estimate of drug-likeness (QED) is 0.683. The van der Waals surface area contributed by atoms with Gasteiger partial charge in [-0.1, -0.05) is 55.3 Å². The van der Waals surface area contributed by atoms with Crippen LogP contribution in [0.25, 0.3) is 0 Å². The van der Waals surface area contributed by atoms with Gasteiger partial charge in [0.2, 0.25) is 0 Å². The SMILES string of the molecule is CCCc1ccc(CCc2ccc(C)cc2C(=O)ON2C(=O)CCC2=O)cc1. The maximum Gasteiger partial charge on any atom is 0.364 e. The van der Waals surface area contributed by atoms with Crippen LogP contribution in [0.1, 0.15) is 58.8 Å². The van der Waals surface area contributed by atoms with Gasteiger partial charge >= 0.3 is 5.97 Å². The fourth-order valence-corrected chi connectivity index (χ4v) is 3.33. The molecule has 1 heterocycles. The zero-order valence-corrected chi connectivity index (χ0v) is 16.4. The summed E-state index contributed by atoms with van der Waals surface area (Å²) < 4.78 is 0. The van der Waals surface area contributed by atoms with Crippen molar-refractivity contribution in [2.75, 3.05) is 0 Å². The van der Waals surface area contributed by atoms with Crippen LogP contribution in [0.3, 0.4) is 0 Å². The number of nitrogens with zero attached hydrogens (tertiary/aromatic N) is 1. The van der Waals surface area contributed by atoms with Crippen LogP contribution in [-0.2, 0) is 33.7 Å². The van der Waals surface area contributed by atoms with Crippen LogP contribution in [0.5, 0.6) is 0 Å². The molecule has 0 atom stereocenters. The molecular formula is C23H25NO4. The van der Waals surface area contributed by atoms with E-state index in [-0.39, 0.29) is 12.8 Å². The van der Waals surface area contributed by atoms with Crippen molar-refractivity contribution in [3.63, 3.8) is 0 Å². The maximum absolute atomic E-state index is 12.6. The molecule has 1 fully saturated rings. The molecular weight excluding hydrogens is 354 g/mol. The number of hydroxylamine groups is 2. The zero-order valence-electron chi connectivity index (χ0n) is 16.4. The Labute approximate surface area is 165 Å². The summed E-state index contributed by atoms with van der Waals surface area (Å²) in [5.41, 5.74) is 4.68. The van der Waals surface area contributed by atoms with Gasteiger partial charge in [0, 0.05) is 12.8 Å². The Hall–Kier alpha value is -2.95. The minimum absolute atomic E-state index is 0.0841. The van der Waals surface area contributed by atoms with E-state index in [1.54, 1.807) is 6.07 Å². The van der Waals surface area contributed by atoms with Gasteiger partial charge in [0.15, 0.2) is 0 Å². The van der Waals surface area contributed by atoms with Crippen LogP contribution in [-0.4, -0.2) is 22.8 Å². The van der Waals surface area contributed by atoms with Gasteiger partial charge in [-0.25, -0.2) is 4.79 Å². The minimum atomic E-state index is -0.666. The van der Waals surface area contributed by atoms with E-state index < -0.39 is 17.8 Å². The summed E-state index contributed by atoms with van der Waals surface area (Å²) in [7, 11) is 0. The average molecular weight is 379 g/mol. The molecule has 0 spiro atoms. The van der Waals surface area contributed by atoms with Crippen molar-refractivity contribution in [1.82, 2.24) is 5.06 Å². The molecule has 3 rings (SSSR count). The summed E-state index contributed by atoms with van der Waals surface area (Å²) in [5, 5.41) is 0.598. The molecule has 1 aliphatic heterocycles. The lowest BCUT2D eigenvalue weighted by atomic mass is 9.97. The first-order chi connectivity index (χ1) is 13.5. The molecule has 0 saturated carbocycles. The van der Waals surface area contributed by atoms with Crippen molar-refractivity contribution in [1.29, 1.82) is 0 Å². The van der Waals surface area contributed by atoms with Crippen molar-refractivity contribution in [2.24, 2.45) is 0 Å². The number of hydrogen-bond acceptors (Lipinski definition) is 4. The maximum atomic E-state index is 12.6. The largest absolute Gasteiger partial charge is 0.364 e. The first-order valence-electron chi connectivity index (χ1n) is 9.73. The molecule has 0 aromatic heterocycles. The molecule has 2 amide bonds. The van der Waals surface area contributed by atoms with E-state index in [1.807, 2.05) is 19.1 Å². The molecule has 0 radical (unpaired) electrons. The highest BCUT2D eigenvalue weighted by Crippen LogP contribution is 2.19. The number of hydrogen-bond donors (Lipinski definition) is 0. The Morgan fingerprint density at radius 1 is 0.929 bits per heavy atom. The van der Waals surface area contributed by atoms with Gasteiger partial charge in [0.05, 0.1) is 5.56 Å². The Bertz CT molecular complexity index is 870. The summed E-state index contributed by atoms with van der Waals surface area (Å²) in [5.74, 6) is -1.61. The number of benzene rings is 2. The standard InChI is InChI=1S/C23H25NO4/c1-3-4-17-6-8-18(9-7-17)10-12-19-11-5-16(2)15-20(19)23(27)28-24-21(25)13-14-22(24)26/h5-9,11,15H,3-4,10,12-14H2,1-2H3. The molecule has 2 aromatic carbocycles. The lowest BCUT2D eigenvalue weighted by molar-refractivity contribution is -0.172. The molecule has 28 heavy (non-hydrogen) atoms. The summed E-state index contributed by atoms with van der Waals surface area (Å²) >= 11 is 0. The van der Waals surface area contributed by atoms with Crippen LogP contribution in [0.15, 0.2) is 42.5 Å². The molecule has 0 aliphatic carbocycles. The molecule has 5 nitrogen and oxygen atoms in total. The predicted octanol–water partition coefficient (Wildman–Crippen LogP) is 3.95. The van der Waals surface area contributed by atoms with Crippen LogP contribution in [0.4, 0.5) is 0 Å². The Balaban J connectivity index is 1.72. The predicted molar refractivity (Wildman–Crippen MR) is 106 cm³/mol. The summed E-state index contributed by atoms with van der Waals surface area (Å²) in [6.45, 7) is 4.05. The first-order valence-corrected chi connectivity index (χ1v) is 9.73. The third kappa shape index (κ3) is 4.66. The van der Waals surface area contributed by atoms with Gasteiger partial charge in [0.1, 0.15) is 0 Å². The number of rotatable bonds is 7. The van der Waals surface area contributed by atoms with E-state index in [4.69, 9.17) is 4.84 Å². The second kappa shape index (κ2) is 8.83. The van der Waals surface area contributed by atoms with E-state index in [0.717, 1.165) is 30.4 Å². The third-order valence-corrected chi connectivity index (χ3v) is 4.91.